The molecule has 8 nitrogen and oxygen atoms in total. The lowest BCUT2D eigenvalue weighted by molar-refractivity contribution is -0.0510. The van der Waals surface area contributed by atoms with Gasteiger partial charge in [0.05, 0.1) is 23.4 Å². The number of rotatable bonds is 8. The molecule has 1 aliphatic heterocycles. The van der Waals surface area contributed by atoms with Gasteiger partial charge in [0.25, 0.3) is 0 Å². The fraction of sp³-hybridized carbons (Fsp3) is 0.346. The van der Waals surface area contributed by atoms with E-state index in [0.717, 1.165) is 23.5 Å². The largest absolute Gasteiger partial charge is 0.444 e. The molecule has 4 rings (SSSR count). The Morgan fingerprint density at radius 2 is 1.86 bits per heavy atom. The van der Waals surface area contributed by atoms with Crippen LogP contribution in [0.1, 0.15) is 34.3 Å². The van der Waals surface area contributed by atoms with Crippen LogP contribution in [-0.2, 0) is 17.8 Å². The molecule has 0 aliphatic carbocycles. The number of amides is 1. The first-order valence-electron chi connectivity index (χ1n) is 11.6. The molecule has 10 heteroatoms. The summed E-state index contributed by atoms with van der Waals surface area (Å²) in [6.45, 7) is 0.969. The lowest BCUT2D eigenvalue weighted by atomic mass is 10.0. The van der Waals surface area contributed by atoms with E-state index >= 15 is 0 Å². The Balaban J connectivity index is 1.37. The van der Waals surface area contributed by atoms with Gasteiger partial charge in [-0.1, -0.05) is 30.3 Å². The molecule has 1 amide bonds. The molecule has 0 radical (unpaired) electrons. The number of H-pyrrole nitrogens is 1. The maximum Gasteiger partial charge on any atom is 0.410 e. The first-order valence-corrected chi connectivity index (χ1v) is 11.6. The van der Waals surface area contributed by atoms with Crippen LogP contribution in [0, 0.1) is 18.3 Å². The number of ether oxygens (including phenoxy) is 2. The Morgan fingerprint density at radius 1 is 1.14 bits per heavy atom. The molecule has 1 aromatic heterocycles. The zero-order valence-corrected chi connectivity index (χ0v) is 19.9. The average Bonchev–Trinajstić information content (AvgIpc) is 3.32. The number of nitriles is 1. The number of hydrogen-bond acceptors (Lipinski definition) is 6. The maximum absolute atomic E-state index is 12.7. The summed E-state index contributed by atoms with van der Waals surface area (Å²) in [7, 11) is 0. The minimum atomic E-state index is -2.95. The molecule has 0 spiro atoms. The zero-order chi connectivity index (χ0) is 25.5. The number of para-hydroxylation sites is 1. The summed E-state index contributed by atoms with van der Waals surface area (Å²) in [5.74, 6) is 0.818. The summed E-state index contributed by atoms with van der Waals surface area (Å²) in [5.41, 5.74) is 3.08. The van der Waals surface area contributed by atoms with Crippen LogP contribution >= 0.6 is 0 Å². The number of aromatic nitrogens is 2. The predicted molar refractivity (Wildman–Crippen MR) is 127 cm³/mol. The lowest BCUT2D eigenvalue weighted by Gasteiger charge is -2.38. The third-order valence-electron chi connectivity index (χ3n) is 6.15. The highest BCUT2D eigenvalue weighted by atomic mass is 19.3. The number of aryl methyl sites for hydroxylation is 1. The van der Waals surface area contributed by atoms with Crippen LogP contribution in [0.4, 0.5) is 13.6 Å². The molecule has 1 aliphatic rings. The van der Waals surface area contributed by atoms with Crippen LogP contribution in [0.3, 0.4) is 0 Å². The van der Waals surface area contributed by atoms with E-state index in [1.165, 1.54) is 6.07 Å². The van der Waals surface area contributed by atoms with Crippen LogP contribution in [0.25, 0.3) is 0 Å². The lowest BCUT2D eigenvalue weighted by Crippen LogP contribution is -2.50. The van der Waals surface area contributed by atoms with Gasteiger partial charge in [-0.3, -0.25) is 4.90 Å². The monoisotopic (exact) mass is 495 g/mol. The van der Waals surface area contributed by atoms with Crippen LogP contribution in [0.2, 0.25) is 0 Å². The minimum absolute atomic E-state index is 0.00869. The van der Waals surface area contributed by atoms with Gasteiger partial charge in [-0.25, -0.2) is 9.78 Å². The minimum Gasteiger partial charge on any atom is -0.444 e. The molecular weight excluding hydrogens is 468 g/mol. The molecule has 0 bridgehead atoms. The fourth-order valence-corrected chi connectivity index (χ4v) is 4.26. The molecule has 3 aromatic rings. The maximum atomic E-state index is 12.7. The van der Waals surface area contributed by atoms with E-state index in [2.05, 4.69) is 25.7 Å². The van der Waals surface area contributed by atoms with Crippen molar-refractivity contribution in [2.24, 2.45) is 0 Å². The second kappa shape index (κ2) is 11.6. The second-order valence-electron chi connectivity index (χ2n) is 8.52. The number of alkyl halides is 2. The number of nitrogens with zero attached hydrogens (tertiary/aromatic N) is 4. The molecule has 2 aromatic carbocycles. The van der Waals surface area contributed by atoms with Gasteiger partial charge in [0.15, 0.2) is 0 Å². The van der Waals surface area contributed by atoms with Gasteiger partial charge in [-0.15, -0.1) is 0 Å². The highest BCUT2D eigenvalue weighted by molar-refractivity contribution is 5.67. The van der Waals surface area contributed by atoms with Crippen molar-refractivity contribution >= 4 is 6.09 Å². The van der Waals surface area contributed by atoms with E-state index in [1.807, 2.05) is 37.4 Å². The number of imidazole rings is 1. The number of benzene rings is 2. The third-order valence-corrected chi connectivity index (χ3v) is 6.15. The van der Waals surface area contributed by atoms with Crippen LogP contribution < -0.4 is 4.74 Å². The molecule has 2 heterocycles. The third kappa shape index (κ3) is 6.37. The smallest absolute Gasteiger partial charge is 0.410 e. The van der Waals surface area contributed by atoms with E-state index in [-0.39, 0.29) is 18.4 Å². The number of aromatic amines is 1. The fourth-order valence-electron chi connectivity index (χ4n) is 4.26. The molecule has 1 unspecified atom stereocenters. The molecule has 1 fully saturated rings. The van der Waals surface area contributed by atoms with Crippen LogP contribution in [0.5, 0.6) is 5.75 Å². The van der Waals surface area contributed by atoms with Gasteiger partial charge in [0, 0.05) is 37.9 Å². The molecule has 1 N–H and O–H groups in total. The Bertz CT molecular complexity index is 1200. The number of piperazine rings is 1. The Hall–Kier alpha value is -3.97. The van der Waals surface area contributed by atoms with Crippen molar-refractivity contribution in [2.75, 3.05) is 26.2 Å². The van der Waals surface area contributed by atoms with Gasteiger partial charge in [0.2, 0.25) is 0 Å². The van der Waals surface area contributed by atoms with E-state index in [4.69, 9.17) is 10.00 Å². The Labute approximate surface area is 208 Å². The first kappa shape index (κ1) is 25.1. The number of carbonyl (C=O) groups is 1. The summed E-state index contributed by atoms with van der Waals surface area (Å²) in [6, 6.07) is 15.9. The summed E-state index contributed by atoms with van der Waals surface area (Å²) < 4.78 is 35.1. The topological polar surface area (TPSA) is 94.5 Å². The van der Waals surface area contributed by atoms with Crippen LogP contribution in [0.15, 0.2) is 54.7 Å². The highest BCUT2D eigenvalue weighted by Crippen LogP contribution is 2.26. The van der Waals surface area contributed by atoms with Crippen molar-refractivity contribution in [3.63, 3.8) is 0 Å². The van der Waals surface area contributed by atoms with Gasteiger partial charge in [0.1, 0.15) is 18.2 Å². The summed E-state index contributed by atoms with van der Waals surface area (Å²) >= 11 is 0. The van der Waals surface area contributed by atoms with Crippen LogP contribution in [-0.4, -0.2) is 58.7 Å². The molecule has 36 heavy (non-hydrogen) atoms. The quantitative estimate of drug-likeness (QED) is 0.497. The Morgan fingerprint density at radius 3 is 2.50 bits per heavy atom. The Kier molecular flexibility index (Phi) is 8.13. The van der Waals surface area contributed by atoms with Gasteiger partial charge in [-0.2, -0.15) is 14.0 Å². The van der Waals surface area contributed by atoms with Crippen molar-refractivity contribution in [1.29, 1.82) is 5.26 Å². The van der Waals surface area contributed by atoms with E-state index in [0.29, 0.717) is 37.3 Å². The number of nitrogens with one attached hydrogen (secondary N) is 1. The number of carbonyl (C=O) groups excluding carboxylic acids is 1. The standard InChI is InChI=1S/C26H27F2N5O3/c1-18-30-16-22(31-18)23(14-19-6-8-20(15-29)9-7-19)32-10-12-33(13-11-32)26(34)35-17-21-4-2-3-5-24(21)36-25(27)28/h2-9,16,23,25H,10-14,17H2,1H3,(H,30,31). The first-order chi connectivity index (χ1) is 17.4. The van der Waals surface area contributed by atoms with Crippen molar-refractivity contribution in [3.05, 3.63) is 82.9 Å². The molecule has 188 valence electrons. The van der Waals surface area contributed by atoms with Crippen molar-refractivity contribution < 1.29 is 23.0 Å². The van der Waals surface area contributed by atoms with E-state index in [1.54, 1.807) is 23.1 Å². The summed E-state index contributed by atoms with van der Waals surface area (Å²) in [5, 5.41) is 9.07. The summed E-state index contributed by atoms with van der Waals surface area (Å²) in [4.78, 5) is 24.3. The SMILES string of the molecule is Cc1ncc(C(Cc2ccc(C#N)cc2)N2CCN(C(=O)OCc3ccccc3OC(F)F)CC2)[nH]1. The van der Waals surface area contributed by atoms with Gasteiger partial charge >= 0.3 is 12.7 Å². The summed E-state index contributed by atoms with van der Waals surface area (Å²) in [6.07, 6.45) is 2.06. The average molecular weight is 496 g/mol. The zero-order valence-electron chi connectivity index (χ0n) is 19.9. The predicted octanol–water partition coefficient (Wildman–Crippen LogP) is 4.43. The van der Waals surface area contributed by atoms with Gasteiger partial charge < -0.3 is 19.4 Å². The normalized spacial score (nSPS) is 14.9. The van der Waals surface area contributed by atoms with E-state index in [9.17, 15) is 13.6 Å². The van der Waals surface area contributed by atoms with E-state index < -0.39 is 12.7 Å². The molecular formula is C26H27F2N5O3. The van der Waals surface area contributed by atoms with Gasteiger partial charge in [-0.05, 0) is 37.1 Å². The van der Waals surface area contributed by atoms with Crippen molar-refractivity contribution in [1.82, 2.24) is 19.8 Å². The molecule has 1 saturated heterocycles. The number of halogens is 2. The molecule has 1 atom stereocenters. The second-order valence-corrected chi connectivity index (χ2v) is 8.52. The van der Waals surface area contributed by atoms with Crippen molar-refractivity contribution in [2.45, 2.75) is 32.6 Å². The molecule has 0 saturated carbocycles. The number of hydrogen-bond donors (Lipinski definition) is 1. The van der Waals surface area contributed by atoms with Crippen molar-refractivity contribution in [3.8, 4) is 11.8 Å². The highest BCUT2D eigenvalue weighted by Gasteiger charge is 2.29.